The molecule has 0 N–H and O–H groups in total. The van der Waals surface area contributed by atoms with Crippen LogP contribution in [-0.2, 0) is 0 Å². The zero-order valence-electron chi connectivity index (χ0n) is 20.1. The number of nitrogens with zero attached hydrogens (tertiary/aromatic N) is 4. The first-order chi connectivity index (χ1) is 17.1. The molecule has 5 nitrogen and oxygen atoms in total. The minimum atomic E-state index is 0.724. The van der Waals surface area contributed by atoms with Gasteiger partial charge in [-0.1, -0.05) is 42.5 Å². The normalized spacial score (nSPS) is 12.3. The largest absolute Gasteiger partial charge is 0.453 e. The average Bonchev–Trinajstić information content (AvgIpc) is 2.88. The average molecular weight is 459 g/mol. The highest BCUT2D eigenvalue weighted by molar-refractivity contribution is 5.97. The molecular formula is C30H26N4O. The van der Waals surface area contributed by atoms with Gasteiger partial charge >= 0.3 is 0 Å². The summed E-state index contributed by atoms with van der Waals surface area (Å²) in [5.74, 6) is 0.724. The second-order valence-corrected chi connectivity index (χ2v) is 8.74. The van der Waals surface area contributed by atoms with E-state index in [1.807, 2.05) is 55.5 Å². The lowest BCUT2D eigenvalue weighted by molar-refractivity contribution is 0.613. The fourth-order valence-electron chi connectivity index (χ4n) is 4.81. The Morgan fingerprint density at radius 3 is 2.31 bits per heavy atom. The van der Waals surface area contributed by atoms with Crippen LogP contribution in [0.1, 0.15) is 19.5 Å². The molecule has 35 heavy (non-hydrogen) atoms. The van der Waals surface area contributed by atoms with Gasteiger partial charge in [0.15, 0.2) is 11.3 Å². The molecule has 3 aromatic carbocycles. The molecule has 6 rings (SSSR count). The summed E-state index contributed by atoms with van der Waals surface area (Å²) in [7, 11) is 0. The monoisotopic (exact) mass is 458 g/mol. The molecule has 0 atom stereocenters. The van der Waals surface area contributed by atoms with Gasteiger partial charge < -0.3 is 9.32 Å². The van der Waals surface area contributed by atoms with Gasteiger partial charge in [0.1, 0.15) is 11.2 Å². The minimum absolute atomic E-state index is 0.724. The molecule has 4 aromatic rings. The van der Waals surface area contributed by atoms with Gasteiger partial charge in [-0.2, -0.15) is 0 Å². The van der Waals surface area contributed by atoms with Crippen LogP contribution in [0.25, 0.3) is 44.2 Å². The zero-order valence-corrected chi connectivity index (χ0v) is 20.1. The van der Waals surface area contributed by atoms with Crippen LogP contribution in [0.5, 0.6) is 0 Å². The van der Waals surface area contributed by atoms with Gasteiger partial charge in [-0.15, -0.1) is 0 Å². The number of aryl methyl sites for hydroxylation is 1. The topological polar surface area (TPSA) is 54.5 Å². The third-order valence-electron chi connectivity index (χ3n) is 6.55. The van der Waals surface area contributed by atoms with Crippen molar-refractivity contribution in [2.24, 2.45) is 4.99 Å². The molecule has 172 valence electrons. The van der Waals surface area contributed by atoms with Crippen molar-refractivity contribution in [1.82, 2.24) is 9.97 Å². The molecule has 0 bridgehead atoms. The number of hydrogen-bond donors (Lipinski definition) is 0. The number of fused-ring (bicyclic) bond motifs is 5. The summed E-state index contributed by atoms with van der Waals surface area (Å²) in [5, 5.41) is 3.95. The van der Waals surface area contributed by atoms with Gasteiger partial charge in [0, 0.05) is 52.8 Å². The Kier molecular flexibility index (Phi) is 5.18. The predicted octanol–water partition coefficient (Wildman–Crippen LogP) is 7.02. The standard InChI is InChI=1S/C30H26N4O/c1-4-34(5-2)20-14-15-25-28(17-20)35-29-18-27(21-10-6-7-11-22(21)30(29)33-25)32-26-16-19(3)31-24-13-9-8-12-23(24)26/h6-18H,4-5H2,1-3H3/b32-27+. The number of pyridine rings is 1. The van der Waals surface area contributed by atoms with Crippen LogP contribution in [0.15, 0.2) is 88.3 Å². The fraction of sp³-hybridized carbons (Fsp3) is 0.167. The van der Waals surface area contributed by atoms with Crippen LogP contribution in [0.2, 0.25) is 0 Å². The first kappa shape index (κ1) is 21.3. The molecule has 0 radical (unpaired) electrons. The molecule has 0 fully saturated rings. The van der Waals surface area contributed by atoms with E-state index in [4.69, 9.17) is 14.4 Å². The summed E-state index contributed by atoms with van der Waals surface area (Å²) in [6.07, 6.45) is 0. The molecule has 2 aliphatic rings. The van der Waals surface area contributed by atoms with E-state index >= 15 is 0 Å². The minimum Gasteiger partial charge on any atom is -0.453 e. The third-order valence-corrected chi connectivity index (χ3v) is 6.55. The molecule has 1 aliphatic heterocycles. The van der Waals surface area contributed by atoms with Crippen molar-refractivity contribution in [3.63, 3.8) is 0 Å². The van der Waals surface area contributed by atoms with Gasteiger partial charge in [-0.25, -0.2) is 9.98 Å². The summed E-state index contributed by atoms with van der Waals surface area (Å²) >= 11 is 0. The van der Waals surface area contributed by atoms with Crippen molar-refractivity contribution in [1.29, 1.82) is 0 Å². The maximum Gasteiger partial charge on any atom is 0.155 e. The van der Waals surface area contributed by atoms with E-state index in [2.05, 4.69) is 54.1 Å². The number of benzene rings is 4. The highest BCUT2D eigenvalue weighted by atomic mass is 16.3. The Labute approximate surface area is 203 Å². The smallest absolute Gasteiger partial charge is 0.155 e. The van der Waals surface area contributed by atoms with Crippen LogP contribution in [0.3, 0.4) is 0 Å². The first-order valence-electron chi connectivity index (χ1n) is 12.1. The number of aromatic nitrogens is 2. The SMILES string of the molecule is CCN(CC)c1ccc2nc3c4ccccc4/c(=N/c4cc(C)nc5ccccc45)cc-3oc2c1. The van der Waals surface area contributed by atoms with Crippen LogP contribution in [0.4, 0.5) is 11.4 Å². The van der Waals surface area contributed by atoms with E-state index in [0.717, 1.165) is 79.7 Å². The molecule has 2 heterocycles. The molecule has 0 amide bonds. The maximum absolute atomic E-state index is 6.46. The van der Waals surface area contributed by atoms with Gasteiger partial charge in [-0.3, -0.25) is 4.98 Å². The molecule has 0 saturated carbocycles. The summed E-state index contributed by atoms with van der Waals surface area (Å²) in [6, 6.07) is 26.7. The van der Waals surface area contributed by atoms with Gasteiger partial charge in [0.2, 0.25) is 0 Å². The molecule has 5 heteroatoms. The molecule has 0 spiro atoms. The van der Waals surface area contributed by atoms with E-state index < -0.39 is 0 Å². The number of para-hydroxylation sites is 1. The molecule has 1 aromatic heterocycles. The first-order valence-corrected chi connectivity index (χ1v) is 12.1. The fourth-order valence-corrected chi connectivity index (χ4v) is 4.81. The van der Waals surface area contributed by atoms with E-state index in [9.17, 15) is 0 Å². The van der Waals surface area contributed by atoms with Crippen molar-refractivity contribution in [2.45, 2.75) is 20.8 Å². The highest BCUT2D eigenvalue weighted by Crippen LogP contribution is 2.32. The highest BCUT2D eigenvalue weighted by Gasteiger charge is 2.16. The third kappa shape index (κ3) is 3.69. The maximum atomic E-state index is 6.46. The van der Waals surface area contributed by atoms with Crippen molar-refractivity contribution < 1.29 is 4.42 Å². The molecule has 0 saturated heterocycles. The van der Waals surface area contributed by atoms with E-state index in [1.165, 1.54) is 0 Å². The van der Waals surface area contributed by atoms with E-state index in [1.54, 1.807) is 0 Å². The van der Waals surface area contributed by atoms with Crippen LogP contribution in [-0.4, -0.2) is 23.1 Å². The van der Waals surface area contributed by atoms with Crippen molar-refractivity contribution in [3.05, 3.63) is 89.9 Å². The lowest BCUT2D eigenvalue weighted by Crippen LogP contribution is -2.21. The van der Waals surface area contributed by atoms with Crippen molar-refractivity contribution in [2.75, 3.05) is 18.0 Å². The van der Waals surface area contributed by atoms with Crippen LogP contribution in [0, 0.1) is 6.92 Å². The van der Waals surface area contributed by atoms with Crippen LogP contribution < -0.4 is 10.3 Å². The second kappa shape index (κ2) is 8.51. The Morgan fingerprint density at radius 2 is 1.51 bits per heavy atom. The van der Waals surface area contributed by atoms with Gasteiger partial charge in [-0.05, 0) is 45.0 Å². The summed E-state index contributed by atoms with van der Waals surface area (Å²) in [6.45, 7) is 8.20. The summed E-state index contributed by atoms with van der Waals surface area (Å²) in [5.41, 5.74) is 6.38. The molecule has 0 unspecified atom stereocenters. The van der Waals surface area contributed by atoms with Crippen molar-refractivity contribution in [3.8, 4) is 11.5 Å². The lowest BCUT2D eigenvalue weighted by Gasteiger charge is -2.21. The van der Waals surface area contributed by atoms with Crippen molar-refractivity contribution >= 4 is 44.1 Å². The predicted molar refractivity (Wildman–Crippen MR) is 143 cm³/mol. The summed E-state index contributed by atoms with van der Waals surface area (Å²) < 4.78 is 6.46. The molecular weight excluding hydrogens is 432 g/mol. The van der Waals surface area contributed by atoms with Gasteiger partial charge in [0.25, 0.3) is 0 Å². The Balaban J connectivity index is 1.65. The number of hydrogen-bond acceptors (Lipinski definition) is 5. The van der Waals surface area contributed by atoms with Crippen LogP contribution >= 0.6 is 0 Å². The number of anilines is 1. The second-order valence-electron chi connectivity index (χ2n) is 8.74. The number of rotatable bonds is 4. The zero-order chi connectivity index (χ0) is 23.9. The Morgan fingerprint density at radius 1 is 0.771 bits per heavy atom. The van der Waals surface area contributed by atoms with E-state index in [0.29, 0.717) is 0 Å². The quantitative estimate of drug-likeness (QED) is 0.210. The van der Waals surface area contributed by atoms with E-state index in [-0.39, 0.29) is 0 Å². The molecule has 1 aliphatic carbocycles. The Hall–Kier alpha value is -4.25. The van der Waals surface area contributed by atoms with Gasteiger partial charge in [0.05, 0.1) is 16.6 Å². The lowest BCUT2D eigenvalue weighted by atomic mass is 10.0. The summed E-state index contributed by atoms with van der Waals surface area (Å²) in [4.78, 5) is 17.1. The Bertz CT molecular complexity index is 1750.